The van der Waals surface area contributed by atoms with Gasteiger partial charge in [-0.05, 0) is 61.9 Å². The van der Waals surface area contributed by atoms with Crippen LogP contribution in [0.25, 0.3) is 0 Å². The number of hydrogen-bond donors (Lipinski definition) is 1. The van der Waals surface area contributed by atoms with Crippen LogP contribution in [0.3, 0.4) is 0 Å². The van der Waals surface area contributed by atoms with E-state index < -0.39 is 22.5 Å². The number of rotatable bonds is 6. The molecule has 0 spiro atoms. The number of carbonyl (C=O) groups is 1. The number of halogens is 2. The number of carbonyl (C=O) groups excluding carboxylic acids is 1. The van der Waals surface area contributed by atoms with Crippen molar-refractivity contribution in [2.24, 2.45) is 0 Å². The van der Waals surface area contributed by atoms with Crippen molar-refractivity contribution in [1.82, 2.24) is 0 Å². The van der Waals surface area contributed by atoms with Gasteiger partial charge < -0.3 is 5.32 Å². The molecule has 0 saturated carbocycles. The molecule has 1 amide bonds. The van der Waals surface area contributed by atoms with Crippen LogP contribution in [0.5, 0.6) is 0 Å². The minimum atomic E-state index is -4.00. The molecule has 0 aliphatic heterocycles. The van der Waals surface area contributed by atoms with Crippen molar-refractivity contribution in [3.63, 3.8) is 0 Å². The summed E-state index contributed by atoms with van der Waals surface area (Å²) in [6.07, 6.45) is 0. The summed E-state index contributed by atoms with van der Waals surface area (Å²) in [5, 5.41) is 3.12. The summed E-state index contributed by atoms with van der Waals surface area (Å²) in [7, 11) is -4.00. The lowest BCUT2D eigenvalue weighted by Gasteiger charge is -2.26. The molecule has 5 nitrogen and oxygen atoms in total. The van der Waals surface area contributed by atoms with Crippen LogP contribution in [0.2, 0.25) is 5.02 Å². The molecule has 0 bridgehead atoms. The normalized spacial score (nSPS) is 11.2. The second-order valence-corrected chi connectivity index (χ2v) is 10.0. The second-order valence-electron chi connectivity index (χ2n) is 6.81. The van der Waals surface area contributed by atoms with Crippen LogP contribution < -0.4 is 9.62 Å². The molecule has 3 aromatic rings. The molecule has 0 radical (unpaired) electrons. The zero-order valence-corrected chi connectivity index (χ0v) is 19.6. The topological polar surface area (TPSA) is 66.5 Å². The number of nitrogens with one attached hydrogen (secondary N) is 1. The minimum absolute atomic E-state index is 0.0998. The van der Waals surface area contributed by atoms with Crippen LogP contribution in [-0.4, -0.2) is 20.9 Å². The second kappa shape index (κ2) is 9.20. The number of amides is 1. The van der Waals surface area contributed by atoms with Crippen molar-refractivity contribution >= 4 is 54.8 Å². The largest absolute Gasteiger partial charge is 0.324 e. The van der Waals surface area contributed by atoms with Crippen LogP contribution in [0.4, 0.5) is 11.4 Å². The van der Waals surface area contributed by atoms with Gasteiger partial charge in [-0.1, -0.05) is 57.4 Å². The first-order valence-corrected chi connectivity index (χ1v) is 11.7. The van der Waals surface area contributed by atoms with E-state index in [1.54, 1.807) is 55.5 Å². The lowest BCUT2D eigenvalue weighted by molar-refractivity contribution is -0.114. The maximum Gasteiger partial charge on any atom is 0.264 e. The Morgan fingerprint density at radius 1 is 1.03 bits per heavy atom. The van der Waals surface area contributed by atoms with Crippen molar-refractivity contribution in [2.45, 2.75) is 18.7 Å². The van der Waals surface area contributed by atoms with Gasteiger partial charge in [-0.2, -0.15) is 0 Å². The number of nitrogens with zero attached hydrogens (tertiary/aromatic N) is 1. The quantitative estimate of drug-likeness (QED) is 0.475. The molecule has 1 N–H and O–H groups in total. The predicted molar refractivity (Wildman–Crippen MR) is 125 cm³/mol. The van der Waals surface area contributed by atoms with Crippen LogP contribution in [0, 0.1) is 13.8 Å². The Morgan fingerprint density at radius 3 is 2.40 bits per heavy atom. The molecule has 0 aromatic heterocycles. The monoisotopic (exact) mass is 506 g/mol. The SMILES string of the molecule is Cc1ccc(S(=O)(=O)N(CC(=O)Nc2cccc(Br)c2)c2cc(Cl)ccc2C)cc1. The number of sulfonamides is 1. The molecule has 0 fully saturated rings. The summed E-state index contributed by atoms with van der Waals surface area (Å²) >= 11 is 9.49. The van der Waals surface area contributed by atoms with E-state index in [1.807, 2.05) is 13.0 Å². The number of anilines is 2. The van der Waals surface area contributed by atoms with E-state index in [1.165, 1.54) is 12.1 Å². The Bertz CT molecular complexity index is 1180. The summed E-state index contributed by atoms with van der Waals surface area (Å²) in [6.45, 7) is 3.25. The highest BCUT2D eigenvalue weighted by atomic mass is 79.9. The Balaban J connectivity index is 2.00. The van der Waals surface area contributed by atoms with E-state index in [0.29, 0.717) is 22.0 Å². The van der Waals surface area contributed by atoms with Crippen LogP contribution in [0.15, 0.2) is 76.1 Å². The fourth-order valence-corrected chi connectivity index (χ4v) is 4.93. The van der Waals surface area contributed by atoms with Gasteiger partial charge in [0.15, 0.2) is 0 Å². The Hall–Kier alpha value is -2.35. The van der Waals surface area contributed by atoms with Gasteiger partial charge in [0.2, 0.25) is 5.91 Å². The summed E-state index contributed by atoms with van der Waals surface area (Å²) in [5.74, 6) is -0.469. The molecule has 0 aliphatic carbocycles. The highest BCUT2D eigenvalue weighted by Crippen LogP contribution is 2.29. The van der Waals surface area contributed by atoms with Crippen LogP contribution >= 0.6 is 27.5 Å². The third kappa shape index (κ3) is 5.22. The molecule has 3 aromatic carbocycles. The van der Waals surface area contributed by atoms with E-state index >= 15 is 0 Å². The maximum absolute atomic E-state index is 13.4. The average Bonchev–Trinajstić information content (AvgIpc) is 2.68. The Labute approximate surface area is 189 Å². The van der Waals surface area contributed by atoms with Gasteiger partial charge in [0.05, 0.1) is 10.6 Å². The number of benzene rings is 3. The van der Waals surface area contributed by atoms with E-state index in [-0.39, 0.29) is 4.90 Å². The molecule has 0 aliphatic rings. The maximum atomic E-state index is 13.4. The van der Waals surface area contributed by atoms with Gasteiger partial charge in [-0.3, -0.25) is 9.10 Å². The molecular weight excluding hydrogens is 488 g/mol. The van der Waals surface area contributed by atoms with Gasteiger partial charge in [-0.25, -0.2) is 8.42 Å². The predicted octanol–water partition coefficient (Wildman–Crippen LogP) is 5.55. The molecule has 8 heteroatoms. The van der Waals surface area contributed by atoms with E-state index in [0.717, 1.165) is 14.3 Å². The standard InChI is InChI=1S/C22H20BrClN2O3S/c1-15-6-10-20(11-7-15)30(28,29)26(21-13-18(24)9-8-16(21)2)14-22(27)25-19-5-3-4-17(23)12-19/h3-13H,14H2,1-2H3,(H,25,27). The van der Waals surface area contributed by atoms with Crippen LogP contribution in [-0.2, 0) is 14.8 Å². The highest BCUT2D eigenvalue weighted by Gasteiger charge is 2.28. The zero-order valence-electron chi connectivity index (χ0n) is 16.4. The molecule has 30 heavy (non-hydrogen) atoms. The van der Waals surface area contributed by atoms with Crippen molar-refractivity contribution in [1.29, 1.82) is 0 Å². The first-order chi connectivity index (χ1) is 14.2. The van der Waals surface area contributed by atoms with Gasteiger partial charge in [0.1, 0.15) is 6.54 Å². The van der Waals surface area contributed by atoms with Crippen molar-refractivity contribution in [3.8, 4) is 0 Å². The molecule has 0 saturated heterocycles. The fraction of sp³-hybridized carbons (Fsp3) is 0.136. The van der Waals surface area contributed by atoms with Crippen molar-refractivity contribution in [2.75, 3.05) is 16.2 Å². The first-order valence-electron chi connectivity index (χ1n) is 9.08. The van der Waals surface area contributed by atoms with Gasteiger partial charge in [0.25, 0.3) is 10.0 Å². The molecule has 0 heterocycles. The summed E-state index contributed by atoms with van der Waals surface area (Å²) in [6, 6.07) is 18.5. The zero-order chi connectivity index (χ0) is 21.9. The molecular formula is C22H20BrClN2O3S. The average molecular weight is 508 g/mol. The van der Waals surface area contributed by atoms with E-state index in [9.17, 15) is 13.2 Å². The highest BCUT2D eigenvalue weighted by molar-refractivity contribution is 9.10. The summed E-state index contributed by atoms with van der Waals surface area (Å²) < 4.78 is 28.8. The van der Waals surface area contributed by atoms with Gasteiger partial charge >= 0.3 is 0 Å². The Morgan fingerprint density at radius 2 is 1.73 bits per heavy atom. The molecule has 156 valence electrons. The van der Waals surface area contributed by atoms with E-state index in [2.05, 4.69) is 21.2 Å². The summed E-state index contributed by atoms with van der Waals surface area (Å²) in [5.41, 5.74) is 2.54. The van der Waals surface area contributed by atoms with Gasteiger partial charge in [-0.15, -0.1) is 0 Å². The summed E-state index contributed by atoms with van der Waals surface area (Å²) in [4.78, 5) is 12.9. The first kappa shape index (κ1) is 22.3. The van der Waals surface area contributed by atoms with Crippen molar-refractivity contribution < 1.29 is 13.2 Å². The lowest BCUT2D eigenvalue weighted by atomic mass is 10.2. The molecule has 0 atom stereocenters. The third-order valence-corrected chi connectivity index (χ3v) is 6.95. The minimum Gasteiger partial charge on any atom is -0.324 e. The fourth-order valence-electron chi connectivity index (χ4n) is 2.89. The number of aryl methyl sites for hydroxylation is 2. The van der Waals surface area contributed by atoms with Crippen molar-refractivity contribution in [3.05, 3.63) is 87.4 Å². The molecule has 0 unspecified atom stereocenters. The van der Waals surface area contributed by atoms with Crippen LogP contribution in [0.1, 0.15) is 11.1 Å². The lowest BCUT2D eigenvalue weighted by Crippen LogP contribution is -2.38. The Kier molecular flexibility index (Phi) is 6.85. The number of hydrogen-bond acceptors (Lipinski definition) is 3. The van der Waals surface area contributed by atoms with E-state index in [4.69, 9.17) is 11.6 Å². The third-order valence-electron chi connectivity index (χ3n) is 4.44. The smallest absolute Gasteiger partial charge is 0.264 e. The van der Waals surface area contributed by atoms with Gasteiger partial charge in [0, 0.05) is 15.2 Å². The molecule has 3 rings (SSSR count).